The Morgan fingerprint density at radius 1 is 0.264 bits per heavy atom. The number of rotatable bonds is 86. The fraction of sp³-hybridized carbons (Fsp3) is 0.908. The van der Waals surface area contributed by atoms with Crippen LogP contribution in [0.25, 0.3) is 0 Å². The van der Waals surface area contributed by atoms with Gasteiger partial charge in [-0.25, -0.2) is 9.13 Å². The normalized spacial score (nSPS) is 13.8. The molecule has 0 rings (SSSR count). The summed E-state index contributed by atoms with van der Waals surface area (Å²) in [7, 11) is -9.94. The van der Waals surface area contributed by atoms with Crippen LogP contribution in [0.4, 0.5) is 0 Å². The second kappa shape index (κ2) is 80.6. The highest BCUT2D eigenvalue weighted by Gasteiger charge is 2.30. The number of carbonyl (C=O) groups excluding carboxylic acids is 4. The SMILES string of the molecule is CCCCCC/C=C\C=C/CCCCCCCC(=O)O[C@H](COC(=O)CCCCCCCCCCCCCC)COP(=O)(O)OC[C@H](O)COP(=O)(O)OC[C@@H](COC(=O)CCCCCCCCCCCCCCCCCCCC)OC(=O)CCCCCCCCCCCCCCCCCCCCCCC. The number of aliphatic hydroxyl groups excluding tert-OH is 1. The molecule has 0 aromatic heterocycles. The minimum absolute atomic E-state index is 0.0861. The molecular weight excluding hydrogens is 1380 g/mol. The van der Waals surface area contributed by atoms with Crippen LogP contribution in [0.5, 0.6) is 0 Å². The molecule has 0 fully saturated rings. The lowest BCUT2D eigenvalue weighted by atomic mass is 10.0. The Labute approximate surface area is 650 Å². The fourth-order valence-electron chi connectivity index (χ4n) is 13.2. The zero-order valence-corrected chi connectivity index (χ0v) is 70.7. The molecule has 0 saturated carbocycles. The molecule has 0 aliphatic heterocycles. The zero-order chi connectivity index (χ0) is 77.4. The Morgan fingerprint density at radius 2 is 0.453 bits per heavy atom. The van der Waals surface area contributed by atoms with Crippen molar-refractivity contribution >= 4 is 39.5 Å². The summed E-state index contributed by atoms with van der Waals surface area (Å²) in [5.41, 5.74) is 0. The van der Waals surface area contributed by atoms with Gasteiger partial charge in [-0.15, -0.1) is 0 Å². The van der Waals surface area contributed by atoms with Crippen LogP contribution >= 0.6 is 15.6 Å². The van der Waals surface area contributed by atoms with Gasteiger partial charge >= 0.3 is 39.5 Å². The van der Waals surface area contributed by atoms with Crippen LogP contribution in [0.3, 0.4) is 0 Å². The second-order valence-corrected chi connectivity index (χ2v) is 33.5. The summed E-state index contributed by atoms with van der Waals surface area (Å²) in [6, 6.07) is 0. The first-order chi connectivity index (χ1) is 51.7. The van der Waals surface area contributed by atoms with Crippen LogP contribution in [0.15, 0.2) is 24.3 Å². The van der Waals surface area contributed by atoms with E-state index in [2.05, 4.69) is 52.0 Å². The highest BCUT2D eigenvalue weighted by Crippen LogP contribution is 2.45. The molecule has 19 heteroatoms. The van der Waals surface area contributed by atoms with Gasteiger partial charge in [0.15, 0.2) is 12.2 Å². The van der Waals surface area contributed by atoms with E-state index in [9.17, 15) is 43.2 Å². The molecule has 0 bridgehead atoms. The molecule has 5 atom stereocenters. The van der Waals surface area contributed by atoms with Crippen molar-refractivity contribution < 1.29 is 80.2 Å². The topological polar surface area (TPSA) is 237 Å². The summed E-state index contributed by atoms with van der Waals surface area (Å²) >= 11 is 0. The molecule has 0 heterocycles. The first-order valence-corrected chi connectivity index (χ1v) is 47.6. The van der Waals surface area contributed by atoms with Gasteiger partial charge in [0.2, 0.25) is 0 Å². The van der Waals surface area contributed by atoms with E-state index >= 15 is 0 Å². The van der Waals surface area contributed by atoms with Crippen LogP contribution in [-0.2, 0) is 65.4 Å². The fourth-order valence-corrected chi connectivity index (χ4v) is 14.7. The summed E-state index contributed by atoms with van der Waals surface area (Å²) in [6.07, 6.45) is 78.6. The number of carbonyl (C=O) groups is 4. The van der Waals surface area contributed by atoms with E-state index in [0.29, 0.717) is 25.7 Å². The van der Waals surface area contributed by atoms with Crippen LogP contribution in [0.1, 0.15) is 451 Å². The lowest BCUT2D eigenvalue weighted by molar-refractivity contribution is -0.161. The molecule has 2 unspecified atom stereocenters. The number of unbranched alkanes of at least 4 members (excludes halogenated alkanes) is 57. The van der Waals surface area contributed by atoms with Crippen LogP contribution in [-0.4, -0.2) is 96.7 Å². The summed E-state index contributed by atoms with van der Waals surface area (Å²) < 4.78 is 68.9. The average Bonchev–Trinajstić information content (AvgIpc) is 0.905. The van der Waals surface area contributed by atoms with Crippen LogP contribution < -0.4 is 0 Å². The first-order valence-electron chi connectivity index (χ1n) is 44.6. The number of allylic oxidation sites excluding steroid dienone is 4. The van der Waals surface area contributed by atoms with Crippen molar-refractivity contribution in [2.24, 2.45) is 0 Å². The molecule has 0 radical (unpaired) electrons. The number of phosphoric acid groups is 2. The van der Waals surface area contributed by atoms with Crippen molar-refractivity contribution in [3.63, 3.8) is 0 Å². The molecule has 0 spiro atoms. The van der Waals surface area contributed by atoms with Crippen molar-refractivity contribution in [2.75, 3.05) is 39.6 Å². The van der Waals surface area contributed by atoms with E-state index in [-0.39, 0.29) is 25.7 Å². The van der Waals surface area contributed by atoms with Gasteiger partial charge in [0.25, 0.3) is 0 Å². The van der Waals surface area contributed by atoms with Crippen molar-refractivity contribution in [3.8, 4) is 0 Å². The highest BCUT2D eigenvalue weighted by molar-refractivity contribution is 7.47. The number of ether oxygens (including phenoxy) is 4. The standard InChI is InChI=1S/C87H166O17P2/c1-5-9-13-17-21-25-29-33-36-38-40-41-42-44-47-50-54-58-62-66-70-74-87(92)104-83(78-98-85(90)72-68-64-60-56-52-48-46-43-39-37-34-30-26-22-18-14-10-6-2)80-102-106(95,96)100-76-81(88)75-99-105(93,94)101-79-82(77-97-84(89)71-67-63-59-55-51-32-28-24-20-16-12-8-4)103-86(91)73-69-65-61-57-53-49-45-35-31-27-23-19-15-11-7-3/h27,31,35,45,81-83,88H,5-26,28-30,32-34,36-44,46-80H2,1-4H3,(H,93,94)(H,95,96)/b31-27-,45-35-/t81-,82+,83+/m0/s1. The molecule has 0 amide bonds. The molecule has 0 aliphatic carbocycles. The van der Waals surface area contributed by atoms with E-state index < -0.39 is 97.5 Å². The van der Waals surface area contributed by atoms with Crippen molar-refractivity contribution in [3.05, 3.63) is 24.3 Å². The maximum absolute atomic E-state index is 13.2. The molecule has 0 aromatic carbocycles. The van der Waals surface area contributed by atoms with Gasteiger partial charge in [-0.2, -0.15) is 0 Å². The van der Waals surface area contributed by atoms with E-state index in [1.807, 2.05) is 0 Å². The molecule has 0 aromatic rings. The third kappa shape index (κ3) is 79.6. The average molecular weight is 1550 g/mol. The van der Waals surface area contributed by atoms with Crippen LogP contribution in [0, 0.1) is 0 Å². The maximum Gasteiger partial charge on any atom is 0.472 e. The molecule has 0 aliphatic rings. The number of hydrogen-bond acceptors (Lipinski definition) is 15. The van der Waals surface area contributed by atoms with Gasteiger partial charge in [0.1, 0.15) is 19.3 Å². The van der Waals surface area contributed by atoms with E-state index in [4.69, 9.17) is 37.0 Å². The minimum atomic E-state index is -4.97. The number of aliphatic hydroxyl groups is 1. The maximum atomic E-state index is 13.2. The minimum Gasteiger partial charge on any atom is -0.462 e. The summed E-state index contributed by atoms with van der Waals surface area (Å²) in [5, 5.41) is 10.7. The first kappa shape index (κ1) is 104. The van der Waals surface area contributed by atoms with E-state index in [1.54, 1.807) is 0 Å². The van der Waals surface area contributed by atoms with Gasteiger partial charge in [0, 0.05) is 25.7 Å². The summed E-state index contributed by atoms with van der Waals surface area (Å²) in [4.78, 5) is 73.2. The monoisotopic (exact) mass is 1550 g/mol. The highest BCUT2D eigenvalue weighted by atomic mass is 31.2. The largest absolute Gasteiger partial charge is 0.472 e. The zero-order valence-electron chi connectivity index (χ0n) is 68.9. The third-order valence-corrected chi connectivity index (χ3v) is 21.9. The van der Waals surface area contributed by atoms with Gasteiger partial charge in [-0.3, -0.25) is 37.3 Å². The van der Waals surface area contributed by atoms with Crippen LogP contribution in [0.2, 0.25) is 0 Å². The van der Waals surface area contributed by atoms with E-state index in [1.165, 1.54) is 270 Å². The molecule has 3 N–H and O–H groups in total. The van der Waals surface area contributed by atoms with Crippen molar-refractivity contribution in [1.82, 2.24) is 0 Å². The Balaban J connectivity index is 5.27. The van der Waals surface area contributed by atoms with Crippen molar-refractivity contribution in [2.45, 2.75) is 470 Å². The summed E-state index contributed by atoms with van der Waals surface area (Å²) in [6.45, 7) is 5.00. The van der Waals surface area contributed by atoms with Gasteiger partial charge in [0.05, 0.1) is 26.4 Å². The molecule has 106 heavy (non-hydrogen) atoms. The van der Waals surface area contributed by atoms with Gasteiger partial charge < -0.3 is 33.8 Å². The molecule has 0 saturated heterocycles. The Hall–Kier alpha value is -2.46. The molecule has 17 nitrogen and oxygen atoms in total. The second-order valence-electron chi connectivity index (χ2n) is 30.6. The van der Waals surface area contributed by atoms with Crippen molar-refractivity contribution in [1.29, 1.82) is 0 Å². The predicted octanol–water partition coefficient (Wildman–Crippen LogP) is 26.5. The number of phosphoric ester groups is 2. The third-order valence-electron chi connectivity index (χ3n) is 20.0. The Bertz CT molecular complexity index is 2090. The number of esters is 4. The summed E-state index contributed by atoms with van der Waals surface area (Å²) in [5.74, 6) is -2.13. The van der Waals surface area contributed by atoms with Gasteiger partial charge in [-0.1, -0.05) is 399 Å². The quantitative estimate of drug-likeness (QED) is 0.0169. The molecule has 626 valence electrons. The lowest BCUT2D eigenvalue weighted by Crippen LogP contribution is -2.30. The lowest BCUT2D eigenvalue weighted by Gasteiger charge is -2.21. The Kier molecular flexibility index (Phi) is 78.7. The Morgan fingerprint density at radius 3 is 0.689 bits per heavy atom. The van der Waals surface area contributed by atoms with E-state index in [0.717, 1.165) is 103 Å². The smallest absolute Gasteiger partial charge is 0.462 e. The predicted molar refractivity (Wildman–Crippen MR) is 437 cm³/mol. The van der Waals surface area contributed by atoms with Gasteiger partial charge in [-0.05, 0) is 51.4 Å². The number of hydrogen-bond donors (Lipinski definition) is 3. The molecular formula is C87H166O17P2.